The lowest BCUT2D eigenvalue weighted by Gasteiger charge is -2.05. The number of hydrazone groups is 1. The molecule has 0 aliphatic rings. The molecule has 0 bridgehead atoms. The maximum atomic E-state index is 12.3. The van der Waals surface area contributed by atoms with Crippen molar-refractivity contribution in [3.05, 3.63) is 96.1 Å². The molecule has 4 rings (SSSR count). The molecule has 0 fully saturated rings. The number of nitrogens with one attached hydrogen (secondary N) is 1. The van der Waals surface area contributed by atoms with E-state index in [-0.39, 0.29) is 5.91 Å². The van der Waals surface area contributed by atoms with Crippen molar-refractivity contribution < 1.29 is 4.79 Å². The largest absolute Gasteiger partial charge is 0.273 e. The van der Waals surface area contributed by atoms with Gasteiger partial charge in [0, 0.05) is 5.56 Å². The van der Waals surface area contributed by atoms with Crippen molar-refractivity contribution in [2.75, 3.05) is 0 Å². The van der Waals surface area contributed by atoms with E-state index in [2.05, 4.69) is 40.9 Å². The van der Waals surface area contributed by atoms with Gasteiger partial charge in [0.05, 0.1) is 12.6 Å². The van der Waals surface area contributed by atoms with E-state index in [1.54, 1.807) is 6.21 Å². The molecule has 4 aromatic rings. The summed E-state index contributed by atoms with van der Waals surface area (Å²) in [5.41, 5.74) is 4.62. The summed E-state index contributed by atoms with van der Waals surface area (Å²) in [4.78, 5) is 12.3. The summed E-state index contributed by atoms with van der Waals surface area (Å²) in [6.07, 6.45) is 2.00. The molecule has 0 heterocycles. The zero-order valence-corrected chi connectivity index (χ0v) is 14.2. The monoisotopic (exact) mass is 338 g/mol. The predicted molar refractivity (Wildman–Crippen MR) is 107 cm³/mol. The Bertz CT molecular complexity index is 1100. The van der Waals surface area contributed by atoms with Gasteiger partial charge in [-0.2, -0.15) is 5.10 Å². The Kier molecular flexibility index (Phi) is 4.44. The lowest BCUT2D eigenvalue weighted by atomic mass is 10.0. The normalized spacial score (nSPS) is 11.2. The molecule has 0 saturated carbocycles. The van der Waals surface area contributed by atoms with Gasteiger partial charge in [-0.25, -0.2) is 5.43 Å². The highest BCUT2D eigenvalue weighted by Gasteiger charge is 2.06. The number of amides is 1. The van der Waals surface area contributed by atoms with Crippen LogP contribution in [0.4, 0.5) is 0 Å². The second-order valence-electron chi connectivity index (χ2n) is 6.18. The molecule has 0 atom stereocenters. The predicted octanol–water partition coefficient (Wildman–Crippen LogP) is 4.69. The second kappa shape index (κ2) is 7.19. The zero-order chi connectivity index (χ0) is 17.8. The topological polar surface area (TPSA) is 41.5 Å². The number of rotatable bonds is 4. The molecule has 0 radical (unpaired) electrons. The van der Waals surface area contributed by atoms with Crippen LogP contribution in [0.5, 0.6) is 0 Å². The van der Waals surface area contributed by atoms with E-state index in [0.717, 1.165) is 32.7 Å². The first kappa shape index (κ1) is 16.0. The first-order valence-corrected chi connectivity index (χ1v) is 8.57. The summed E-state index contributed by atoms with van der Waals surface area (Å²) in [5, 5.41) is 8.64. The number of fused-ring (bicyclic) bond motifs is 2. The number of benzene rings is 4. The quantitative estimate of drug-likeness (QED) is 0.426. The highest BCUT2D eigenvalue weighted by molar-refractivity contribution is 6.00. The molecule has 4 aromatic carbocycles. The maximum Gasteiger partial charge on any atom is 0.244 e. The third kappa shape index (κ3) is 3.33. The minimum absolute atomic E-state index is 0.127. The summed E-state index contributed by atoms with van der Waals surface area (Å²) >= 11 is 0. The van der Waals surface area contributed by atoms with Crippen LogP contribution in [0, 0.1) is 0 Å². The molecule has 0 saturated heterocycles. The smallest absolute Gasteiger partial charge is 0.244 e. The van der Waals surface area contributed by atoms with Gasteiger partial charge in [-0.3, -0.25) is 4.79 Å². The summed E-state index contributed by atoms with van der Waals surface area (Å²) in [6.45, 7) is 0. The van der Waals surface area contributed by atoms with Gasteiger partial charge in [-0.1, -0.05) is 84.9 Å². The molecule has 0 spiro atoms. The van der Waals surface area contributed by atoms with Gasteiger partial charge in [0.25, 0.3) is 0 Å². The van der Waals surface area contributed by atoms with Crippen LogP contribution in [0.25, 0.3) is 21.5 Å². The van der Waals surface area contributed by atoms with Crippen LogP contribution in [0.3, 0.4) is 0 Å². The average molecular weight is 338 g/mol. The van der Waals surface area contributed by atoms with E-state index < -0.39 is 0 Å². The molecular formula is C23H18N2O. The van der Waals surface area contributed by atoms with Gasteiger partial charge >= 0.3 is 0 Å². The minimum Gasteiger partial charge on any atom is -0.273 e. The van der Waals surface area contributed by atoms with Crippen molar-refractivity contribution >= 4 is 33.7 Å². The standard InChI is InChI=1S/C23H18N2O/c26-23(15-19-11-5-9-17-7-1-3-13-21(17)19)25-24-16-20-12-6-10-18-8-2-4-14-22(18)20/h1-14,16H,15H2,(H,25,26)/b24-16+. The van der Waals surface area contributed by atoms with Crippen molar-refractivity contribution in [3.63, 3.8) is 0 Å². The number of carbonyl (C=O) groups excluding carboxylic acids is 1. The van der Waals surface area contributed by atoms with E-state index in [1.165, 1.54) is 0 Å². The minimum atomic E-state index is -0.127. The van der Waals surface area contributed by atoms with Crippen LogP contribution in [-0.2, 0) is 11.2 Å². The second-order valence-corrected chi connectivity index (χ2v) is 6.18. The molecule has 1 N–H and O–H groups in total. The summed E-state index contributed by atoms with van der Waals surface area (Å²) in [7, 11) is 0. The van der Waals surface area contributed by atoms with Gasteiger partial charge in [0.1, 0.15) is 0 Å². The molecule has 3 heteroatoms. The van der Waals surface area contributed by atoms with Crippen LogP contribution in [-0.4, -0.2) is 12.1 Å². The van der Waals surface area contributed by atoms with Crippen LogP contribution in [0.1, 0.15) is 11.1 Å². The lowest BCUT2D eigenvalue weighted by molar-refractivity contribution is -0.120. The average Bonchev–Trinajstić information content (AvgIpc) is 2.68. The summed E-state index contributed by atoms with van der Waals surface area (Å²) < 4.78 is 0. The van der Waals surface area contributed by atoms with E-state index in [1.807, 2.05) is 54.6 Å². The third-order valence-electron chi connectivity index (χ3n) is 4.45. The summed E-state index contributed by atoms with van der Waals surface area (Å²) in [6, 6.07) is 28.2. The van der Waals surface area contributed by atoms with Crippen molar-refractivity contribution in [3.8, 4) is 0 Å². The highest BCUT2D eigenvalue weighted by atomic mass is 16.2. The Morgan fingerprint density at radius 2 is 1.38 bits per heavy atom. The van der Waals surface area contributed by atoms with Gasteiger partial charge in [0.15, 0.2) is 0 Å². The SMILES string of the molecule is O=C(Cc1cccc2ccccc12)N/N=C/c1cccc2ccccc12. The number of carbonyl (C=O) groups is 1. The Morgan fingerprint density at radius 1 is 0.769 bits per heavy atom. The molecular weight excluding hydrogens is 320 g/mol. The highest BCUT2D eigenvalue weighted by Crippen LogP contribution is 2.19. The van der Waals surface area contributed by atoms with Gasteiger partial charge in [-0.15, -0.1) is 0 Å². The van der Waals surface area contributed by atoms with Crippen LogP contribution < -0.4 is 5.43 Å². The molecule has 126 valence electrons. The Hall–Kier alpha value is -3.46. The zero-order valence-electron chi connectivity index (χ0n) is 14.2. The number of hydrogen-bond donors (Lipinski definition) is 1. The number of hydrogen-bond acceptors (Lipinski definition) is 2. The lowest BCUT2D eigenvalue weighted by Crippen LogP contribution is -2.19. The third-order valence-corrected chi connectivity index (χ3v) is 4.45. The fourth-order valence-corrected chi connectivity index (χ4v) is 3.20. The fourth-order valence-electron chi connectivity index (χ4n) is 3.20. The Labute approximate surface area is 152 Å². The molecule has 0 aliphatic carbocycles. The van der Waals surface area contributed by atoms with Crippen molar-refractivity contribution in [2.24, 2.45) is 5.10 Å². The van der Waals surface area contributed by atoms with Crippen molar-refractivity contribution in [1.29, 1.82) is 0 Å². The van der Waals surface area contributed by atoms with E-state index in [9.17, 15) is 4.79 Å². The number of nitrogens with zero attached hydrogens (tertiary/aromatic N) is 1. The van der Waals surface area contributed by atoms with Crippen LogP contribution >= 0.6 is 0 Å². The first-order chi connectivity index (χ1) is 12.8. The first-order valence-electron chi connectivity index (χ1n) is 8.57. The van der Waals surface area contributed by atoms with Crippen molar-refractivity contribution in [1.82, 2.24) is 5.43 Å². The van der Waals surface area contributed by atoms with Crippen LogP contribution in [0.15, 0.2) is 90.0 Å². The fraction of sp³-hybridized carbons (Fsp3) is 0.0435. The maximum absolute atomic E-state index is 12.3. The van der Waals surface area contributed by atoms with Crippen LogP contribution in [0.2, 0.25) is 0 Å². The molecule has 26 heavy (non-hydrogen) atoms. The Balaban J connectivity index is 1.49. The van der Waals surface area contributed by atoms with E-state index in [4.69, 9.17) is 0 Å². The van der Waals surface area contributed by atoms with Crippen molar-refractivity contribution in [2.45, 2.75) is 6.42 Å². The Morgan fingerprint density at radius 3 is 2.19 bits per heavy atom. The van der Waals surface area contributed by atoms with E-state index in [0.29, 0.717) is 6.42 Å². The molecule has 0 unspecified atom stereocenters. The van der Waals surface area contributed by atoms with E-state index >= 15 is 0 Å². The molecule has 3 nitrogen and oxygen atoms in total. The molecule has 0 aliphatic heterocycles. The van der Waals surface area contributed by atoms with Gasteiger partial charge in [0.2, 0.25) is 5.91 Å². The van der Waals surface area contributed by atoms with Gasteiger partial charge in [-0.05, 0) is 27.1 Å². The summed E-state index contributed by atoms with van der Waals surface area (Å²) in [5.74, 6) is -0.127. The molecule has 1 amide bonds. The molecule has 0 aromatic heterocycles. The van der Waals surface area contributed by atoms with Gasteiger partial charge < -0.3 is 0 Å².